The molecule has 0 bridgehead atoms. The van der Waals surface area contributed by atoms with E-state index in [0.29, 0.717) is 6.92 Å². The predicted octanol–water partition coefficient (Wildman–Crippen LogP) is 3.62. The molecule has 0 fully saturated rings. The Hall–Kier alpha value is -1.31. The number of halogens is 5. The van der Waals surface area contributed by atoms with Crippen LogP contribution in [0.3, 0.4) is 0 Å². The molecule has 0 aliphatic carbocycles. The fourth-order valence-corrected chi connectivity index (χ4v) is 1.52. The van der Waals surface area contributed by atoms with Crippen molar-refractivity contribution in [1.82, 2.24) is 0 Å². The van der Waals surface area contributed by atoms with E-state index in [4.69, 9.17) is 5.11 Å². The van der Waals surface area contributed by atoms with Gasteiger partial charge in [-0.25, -0.2) is 9.18 Å². The highest BCUT2D eigenvalue weighted by Crippen LogP contribution is 2.31. The summed E-state index contributed by atoms with van der Waals surface area (Å²) in [5.74, 6) is -3.56. The van der Waals surface area contributed by atoms with E-state index in [1.807, 2.05) is 0 Å². The number of rotatable bonds is 3. The highest BCUT2D eigenvalue weighted by atomic mass is 79.9. The standard InChI is InChI=1S/C10H7BrF4O3/c1-4(10(13,14)15)18-7-3-5(11)2-6(12)8(7)9(16)17/h2-4H,1H3,(H,16,17). The van der Waals surface area contributed by atoms with Crippen molar-refractivity contribution in [2.75, 3.05) is 0 Å². The molecule has 1 aromatic rings. The van der Waals surface area contributed by atoms with E-state index in [1.54, 1.807) is 0 Å². The second-order valence-corrected chi connectivity index (χ2v) is 4.28. The summed E-state index contributed by atoms with van der Waals surface area (Å²) in [4.78, 5) is 10.8. The molecule has 0 spiro atoms. The fourth-order valence-electron chi connectivity index (χ4n) is 1.11. The lowest BCUT2D eigenvalue weighted by molar-refractivity contribution is -0.189. The smallest absolute Gasteiger partial charge is 0.425 e. The number of carboxylic acids is 1. The number of ether oxygens (including phenoxy) is 1. The Morgan fingerprint density at radius 2 is 2.00 bits per heavy atom. The van der Waals surface area contributed by atoms with E-state index in [9.17, 15) is 22.4 Å². The third-order valence-electron chi connectivity index (χ3n) is 2.00. The van der Waals surface area contributed by atoms with Gasteiger partial charge in [-0.3, -0.25) is 0 Å². The molecule has 18 heavy (non-hydrogen) atoms. The van der Waals surface area contributed by atoms with Crippen molar-refractivity contribution >= 4 is 21.9 Å². The molecule has 0 aliphatic heterocycles. The molecule has 1 aromatic carbocycles. The third kappa shape index (κ3) is 3.34. The first-order valence-corrected chi connectivity index (χ1v) is 5.38. The Morgan fingerprint density at radius 1 is 1.44 bits per heavy atom. The Labute approximate surface area is 107 Å². The minimum atomic E-state index is -4.67. The first kappa shape index (κ1) is 14.7. The lowest BCUT2D eigenvalue weighted by Gasteiger charge is -2.19. The number of hydrogen-bond acceptors (Lipinski definition) is 2. The van der Waals surface area contributed by atoms with Crippen molar-refractivity contribution in [3.63, 3.8) is 0 Å². The number of benzene rings is 1. The lowest BCUT2D eigenvalue weighted by atomic mass is 10.2. The second kappa shape index (κ2) is 5.13. The summed E-state index contributed by atoms with van der Waals surface area (Å²) in [6.07, 6.45) is -6.92. The van der Waals surface area contributed by atoms with Crippen LogP contribution in [0.1, 0.15) is 17.3 Å². The molecule has 0 saturated carbocycles. The summed E-state index contributed by atoms with van der Waals surface area (Å²) < 4.78 is 54.7. The molecular weight excluding hydrogens is 324 g/mol. The fraction of sp³-hybridized carbons (Fsp3) is 0.300. The van der Waals surface area contributed by atoms with Crippen molar-refractivity contribution in [2.24, 2.45) is 0 Å². The number of alkyl halides is 3. The number of carboxylic acid groups (broad SMARTS) is 1. The first-order valence-electron chi connectivity index (χ1n) is 4.58. The molecule has 1 rings (SSSR count). The molecule has 0 aromatic heterocycles. The Bertz CT molecular complexity index is 473. The Kier molecular flexibility index (Phi) is 4.20. The van der Waals surface area contributed by atoms with Gasteiger partial charge in [0.1, 0.15) is 17.1 Å². The number of carbonyl (C=O) groups is 1. The maximum atomic E-state index is 13.3. The predicted molar refractivity (Wildman–Crippen MR) is 57.2 cm³/mol. The van der Waals surface area contributed by atoms with Gasteiger partial charge in [-0.2, -0.15) is 13.2 Å². The lowest BCUT2D eigenvalue weighted by Crippen LogP contribution is -2.31. The molecule has 100 valence electrons. The molecular formula is C10H7BrF4O3. The first-order chi connectivity index (χ1) is 8.12. The van der Waals surface area contributed by atoms with Gasteiger partial charge in [0.2, 0.25) is 0 Å². The minimum Gasteiger partial charge on any atom is -0.480 e. The van der Waals surface area contributed by atoms with E-state index >= 15 is 0 Å². The van der Waals surface area contributed by atoms with Gasteiger partial charge in [0.25, 0.3) is 0 Å². The topological polar surface area (TPSA) is 46.5 Å². The average molecular weight is 331 g/mol. The summed E-state index contributed by atoms with van der Waals surface area (Å²) in [7, 11) is 0. The maximum absolute atomic E-state index is 13.3. The molecule has 0 amide bonds. The highest BCUT2D eigenvalue weighted by molar-refractivity contribution is 9.10. The number of aromatic carboxylic acids is 1. The van der Waals surface area contributed by atoms with Crippen LogP contribution in [0.4, 0.5) is 17.6 Å². The van der Waals surface area contributed by atoms with Crippen LogP contribution in [0.15, 0.2) is 16.6 Å². The summed E-state index contributed by atoms with van der Waals surface area (Å²) >= 11 is 2.84. The van der Waals surface area contributed by atoms with Crippen LogP contribution in [0.2, 0.25) is 0 Å². The molecule has 1 N–H and O–H groups in total. The zero-order valence-corrected chi connectivity index (χ0v) is 10.5. The normalized spacial score (nSPS) is 13.2. The van der Waals surface area contributed by atoms with Crippen LogP contribution >= 0.6 is 15.9 Å². The SMILES string of the molecule is CC(Oc1cc(Br)cc(F)c1C(=O)O)C(F)(F)F. The largest absolute Gasteiger partial charge is 0.480 e. The van der Waals surface area contributed by atoms with Crippen molar-refractivity contribution in [3.05, 3.63) is 28.0 Å². The maximum Gasteiger partial charge on any atom is 0.425 e. The molecule has 8 heteroatoms. The van der Waals surface area contributed by atoms with Crippen molar-refractivity contribution < 1.29 is 32.2 Å². The molecule has 0 saturated heterocycles. The van der Waals surface area contributed by atoms with Gasteiger partial charge in [-0.05, 0) is 19.1 Å². The van der Waals surface area contributed by atoms with Gasteiger partial charge in [0.05, 0.1) is 0 Å². The molecule has 0 heterocycles. The molecule has 0 radical (unpaired) electrons. The highest BCUT2D eigenvalue weighted by Gasteiger charge is 2.39. The minimum absolute atomic E-state index is 0.0781. The number of hydrogen-bond donors (Lipinski definition) is 1. The van der Waals surface area contributed by atoms with Crippen molar-refractivity contribution in [3.8, 4) is 5.75 Å². The van der Waals surface area contributed by atoms with Gasteiger partial charge >= 0.3 is 12.1 Å². The van der Waals surface area contributed by atoms with Crippen molar-refractivity contribution in [1.29, 1.82) is 0 Å². The molecule has 0 aliphatic rings. The zero-order chi connectivity index (χ0) is 14.1. The van der Waals surface area contributed by atoms with E-state index in [0.717, 1.165) is 12.1 Å². The Balaban J connectivity index is 3.19. The van der Waals surface area contributed by atoms with E-state index in [1.165, 1.54) is 0 Å². The third-order valence-corrected chi connectivity index (χ3v) is 2.46. The summed E-state index contributed by atoms with van der Waals surface area (Å²) in [6, 6.07) is 1.79. The molecule has 3 nitrogen and oxygen atoms in total. The molecule has 1 unspecified atom stereocenters. The molecule has 1 atom stereocenters. The summed E-state index contributed by atoms with van der Waals surface area (Å²) in [5.41, 5.74) is -0.936. The van der Waals surface area contributed by atoms with E-state index < -0.39 is 35.4 Å². The average Bonchev–Trinajstić information content (AvgIpc) is 2.13. The van der Waals surface area contributed by atoms with Crippen LogP contribution in [0.5, 0.6) is 5.75 Å². The van der Waals surface area contributed by atoms with Crippen LogP contribution in [0.25, 0.3) is 0 Å². The quantitative estimate of drug-likeness (QED) is 0.861. The van der Waals surface area contributed by atoms with Crippen LogP contribution < -0.4 is 4.74 Å². The van der Waals surface area contributed by atoms with Gasteiger partial charge in [0, 0.05) is 4.47 Å². The summed E-state index contributed by atoms with van der Waals surface area (Å²) in [5, 5.41) is 8.74. The van der Waals surface area contributed by atoms with Crippen molar-refractivity contribution in [2.45, 2.75) is 19.2 Å². The van der Waals surface area contributed by atoms with E-state index in [-0.39, 0.29) is 4.47 Å². The van der Waals surface area contributed by atoms with Gasteiger partial charge in [-0.15, -0.1) is 0 Å². The zero-order valence-electron chi connectivity index (χ0n) is 8.89. The monoisotopic (exact) mass is 330 g/mol. The van der Waals surface area contributed by atoms with E-state index in [2.05, 4.69) is 20.7 Å². The second-order valence-electron chi connectivity index (χ2n) is 3.37. The summed E-state index contributed by atoms with van der Waals surface area (Å²) in [6.45, 7) is 0.699. The van der Waals surface area contributed by atoms with Gasteiger partial charge < -0.3 is 9.84 Å². The Morgan fingerprint density at radius 3 is 2.44 bits per heavy atom. The van der Waals surface area contributed by atoms with Crippen LogP contribution in [-0.2, 0) is 0 Å². The van der Waals surface area contributed by atoms with Gasteiger partial charge in [0.15, 0.2) is 6.10 Å². The van der Waals surface area contributed by atoms with Gasteiger partial charge in [-0.1, -0.05) is 15.9 Å². The van der Waals surface area contributed by atoms with Crippen LogP contribution in [0, 0.1) is 5.82 Å². The van der Waals surface area contributed by atoms with Crippen LogP contribution in [-0.4, -0.2) is 23.4 Å².